The van der Waals surface area contributed by atoms with E-state index in [-0.39, 0.29) is 5.78 Å². The van der Waals surface area contributed by atoms with Gasteiger partial charge in [-0.2, -0.15) is 0 Å². The average Bonchev–Trinajstić information content (AvgIpc) is 2.14. The van der Waals surface area contributed by atoms with Crippen LogP contribution in [0.25, 0.3) is 0 Å². The van der Waals surface area contributed by atoms with Gasteiger partial charge in [-0.3, -0.25) is 4.79 Å². The normalized spacial score (nSPS) is 10.8. The number of nitrogens with zero attached hydrogens (tertiary/aromatic N) is 1. The van der Waals surface area contributed by atoms with Crippen LogP contribution in [0.2, 0.25) is 0 Å². The molecule has 0 spiro atoms. The zero-order valence-electron chi connectivity index (χ0n) is 9.25. The Morgan fingerprint density at radius 1 is 1.50 bits per heavy atom. The number of hydrogen-bond donors (Lipinski definition) is 1. The summed E-state index contributed by atoms with van der Waals surface area (Å²) in [5.74, 6) is 0.0629. The maximum Gasteiger partial charge on any atom is 0.154 e. The molecule has 0 aliphatic carbocycles. The molecule has 0 aromatic heterocycles. The van der Waals surface area contributed by atoms with E-state index in [4.69, 9.17) is 4.74 Å². The highest BCUT2D eigenvalue weighted by Crippen LogP contribution is 1.86. The predicted molar refractivity (Wildman–Crippen MR) is 57.2 cm³/mol. The molecule has 0 amide bonds. The van der Waals surface area contributed by atoms with Crippen molar-refractivity contribution in [1.29, 1.82) is 0 Å². The van der Waals surface area contributed by atoms with Gasteiger partial charge in [-0.15, -0.1) is 0 Å². The van der Waals surface area contributed by atoms with Crippen LogP contribution in [0.15, 0.2) is 12.3 Å². The second-order valence-electron chi connectivity index (χ2n) is 3.12. The third kappa shape index (κ3) is 9.22. The van der Waals surface area contributed by atoms with Gasteiger partial charge in [0.1, 0.15) is 0 Å². The van der Waals surface area contributed by atoms with Gasteiger partial charge in [-0.25, -0.2) is 0 Å². The molecule has 0 unspecified atom stereocenters. The van der Waals surface area contributed by atoms with Gasteiger partial charge < -0.3 is 15.0 Å². The Bertz CT molecular complexity index is 181. The standard InChI is InChI=1S/C10H20N2O2/c1-10(13)4-6-12(3)7-9-14-8-5-11-2/h4,6,11H,5,7-9H2,1-3H3/b6-4+. The Morgan fingerprint density at radius 2 is 2.21 bits per heavy atom. The summed E-state index contributed by atoms with van der Waals surface area (Å²) in [4.78, 5) is 12.5. The Balaban J connectivity index is 3.35. The summed E-state index contributed by atoms with van der Waals surface area (Å²) in [6.07, 6.45) is 3.32. The fraction of sp³-hybridized carbons (Fsp3) is 0.700. The molecule has 0 aromatic carbocycles. The van der Waals surface area contributed by atoms with Gasteiger partial charge in [0.15, 0.2) is 5.78 Å². The zero-order chi connectivity index (χ0) is 10.8. The van der Waals surface area contributed by atoms with Crippen molar-refractivity contribution in [3.63, 3.8) is 0 Å². The van der Waals surface area contributed by atoms with Gasteiger partial charge >= 0.3 is 0 Å². The van der Waals surface area contributed by atoms with Gasteiger partial charge in [-0.1, -0.05) is 0 Å². The number of carbonyl (C=O) groups excluding carboxylic acids is 1. The van der Waals surface area contributed by atoms with Crippen molar-refractivity contribution in [2.75, 3.05) is 40.4 Å². The first-order valence-electron chi connectivity index (χ1n) is 4.78. The number of carbonyl (C=O) groups is 1. The summed E-state index contributed by atoms with van der Waals surface area (Å²) in [7, 11) is 3.81. The third-order valence-electron chi connectivity index (χ3n) is 1.65. The molecule has 0 heterocycles. The van der Waals surface area contributed by atoms with Crippen LogP contribution in [-0.2, 0) is 9.53 Å². The predicted octanol–water partition coefficient (Wildman–Crippen LogP) is 0.257. The smallest absolute Gasteiger partial charge is 0.154 e. The Hall–Kier alpha value is -0.870. The number of nitrogens with one attached hydrogen (secondary N) is 1. The molecule has 0 aliphatic heterocycles. The van der Waals surface area contributed by atoms with Crippen molar-refractivity contribution in [3.8, 4) is 0 Å². The van der Waals surface area contributed by atoms with Gasteiger partial charge in [0.25, 0.3) is 0 Å². The van der Waals surface area contributed by atoms with E-state index in [1.807, 2.05) is 19.0 Å². The number of ketones is 1. The second kappa shape index (κ2) is 8.72. The molecule has 0 fully saturated rings. The lowest BCUT2D eigenvalue weighted by Gasteiger charge is -2.13. The van der Waals surface area contributed by atoms with Crippen molar-refractivity contribution in [3.05, 3.63) is 12.3 Å². The molecule has 0 saturated carbocycles. The Morgan fingerprint density at radius 3 is 2.79 bits per heavy atom. The summed E-state index contributed by atoms with van der Waals surface area (Å²) in [6.45, 7) is 4.61. The molecule has 0 aromatic rings. The lowest BCUT2D eigenvalue weighted by molar-refractivity contribution is -0.112. The number of rotatable bonds is 8. The SMILES string of the molecule is CNCCOCCN(C)/C=C/C(C)=O. The molecule has 0 saturated heterocycles. The van der Waals surface area contributed by atoms with Gasteiger partial charge in [0.2, 0.25) is 0 Å². The first-order valence-corrected chi connectivity index (χ1v) is 4.78. The van der Waals surface area contributed by atoms with Crippen LogP contribution in [0.3, 0.4) is 0 Å². The maximum absolute atomic E-state index is 10.6. The van der Waals surface area contributed by atoms with Crippen LogP contribution >= 0.6 is 0 Å². The quantitative estimate of drug-likeness (QED) is 0.451. The molecule has 14 heavy (non-hydrogen) atoms. The van der Waals surface area contributed by atoms with Crippen LogP contribution in [0.4, 0.5) is 0 Å². The van der Waals surface area contributed by atoms with E-state index in [1.54, 1.807) is 12.3 Å². The second-order valence-corrected chi connectivity index (χ2v) is 3.12. The average molecular weight is 200 g/mol. The molecule has 0 radical (unpaired) electrons. The van der Waals surface area contributed by atoms with Crippen LogP contribution in [0.5, 0.6) is 0 Å². The minimum Gasteiger partial charge on any atom is -0.378 e. The molecular formula is C10H20N2O2. The van der Waals surface area contributed by atoms with Crippen LogP contribution in [0, 0.1) is 0 Å². The van der Waals surface area contributed by atoms with Crippen LogP contribution in [0.1, 0.15) is 6.92 Å². The lowest BCUT2D eigenvalue weighted by Crippen LogP contribution is -2.20. The topological polar surface area (TPSA) is 41.6 Å². The summed E-state index contributed by atoms with van der Waals surface area (Å²) in [6, 6.07) is 0. The minimum absolute atomic E-state index is 0.0629. The number of ether oxygens (including phenoxy) is 1. The van der Waals surface area contributed by atoms with E-state index >= 15 is 0 Å². The monoisotopic (exact) mass is 200 g/mol. The molecule has 0 bridgehead atoms. The molecule has 82 valence electrons. The summed E-state index contributed by atoms with van der Waals surface area (Å²) in [5.41, 5.74) is 0. The van der Waals surface area contributed by atoms with Crippen LogP contribution in [-0.4, -0.2) is 51.1 Å². The molecule has 0 rings (SSSR count). The highest BCUT2D eigenvalue weighted by Gasteiger charge is 1.92. The Labute approximate surface area is 85.9 Å². The van der Waals surface area contributed by atoms with Gasteiger partial charge in [-0.05, 0) is 20.0 Å². The first kappa shape index (κ1) is 13.1. The third-order valence-corrected chi connectivity index (χ3v) is 1.65. The zero-order valence-corrected chi connectivity index (χ0v) is 9.25. The van der Waals surface area contributed by atoms with E-state index in [0.29, 0.717) is 6.61 Å². The molecular weight excluding hydrogens is 180 g/mol. The summed E-state index contributed by atoms with van der Waals surface area (Å²) in [5, 5.41) is 3.00. The Kier molecular flexibility index (Phi) is 8.17. The summed E-state index contributed by atoms with van der Waals surface area (Å²) < 4.78 is 5.33. The van der Waals surface area contributed by atoms with Gasteiger partial charge in [0.05, 0.1) is 13.2 Å². The van der Waals surface area contributed by atoms with E-state index in [0.717, 1.165) is 19.7 Å². The number of hydrogen-bond acceptors (Lipinski definition) is 4. The highest BCUT2D eigenvalue weighted by atomic mass is 16.5. The van der Waals surface area contributed by atoms with E-state index < -0.39 is 0 Å². The maximum atomic E-state index is 10.6. The van der Waals surface area contributed by atoms with Crippen molar-refractivity contribution < 1.29 is 9.53 Å². The van der Waals surface area contributed by atoms with E-state index in [2.05, 4.69) is 5.32 Å². The van der Waals surface area contributed by atoms with Crippen molar-refractivity contribution >= 4 is 5.78 Å². The van der Waals surface area contributed by atoms with E-state index in [9.17, 15) is 4.79 Å². The highest BCUT2D eigenvalue weighted by molar-refractivity contribution is 5.87. The van der Waals surface area contributed by atoms with Crippen molar-refractivity contribution in [1.82, 2.24) is 10.2 Å². The van der Waals surface area contributed by atoms with Crippen molar-refractivity contribution in [2.24, 2.45) is 0 Å². The molecule has 1 N–H and O–H groups in total. The summed E-state index contributed by atoms with van der Waals surface area (Å²) >= 11 is 0. The molecule has 4 nitrogen and oxygen atoms in total. The molecule has 4 heteroatoms. The largest absolute Gasteiger partial charge is 0.378 e. The number of allylic oxidation sites excluding steroid dienone is 1. The van der Waals surface area contributed by atoms with Crippen molar-refractivity contribution in [2.45, 2.75) is 6.92 Å². The molecule has 0 aliphatic rings. The fourth-order valence-electron chi connectivity index (χ4n) is 0.792. The van der Waals surface area contributed by atoms with Gasteiger partial charge in [0, 0.05) is 26.3 Å². The lowest BCUT2D eigenvalue weighted by atomic mass is 10.4. The van der Waals surface area contributed by atoms with E-state index in [1.165, 1.54) is 6.92 Å². The molecule has 0 atom stereocenters. The fourth-order valence-corrected chi connectivity index (χ4v) is 0.792. The minimum atomic E-state index is 0.0629. The number of likely N-dealkylation sites (N-methyl/N-ethyl adjacent to an activating group) is 2. The first-order chi connectivity index (χ1) is 6.66. The van der Waals surface area contributed by atoms with Crippen LogP contribution < -0.4 is 5.32 Å².